The van der Waals surface area contributed by atoms with Crippen molar-refractivity contribution in [3.63, 3.8) is 0 Å². The molecule has 0 aliphatic rings. The molecule has 88 valence electrons. The smallest absolute Gasteiger partial charge is 0.230 e. The number of nitrogens with one attached hydrogen (secondary N) is 2. The lowest BCUT2D eigenvalue weighted by atomic mass is 10.2. The van der Waals surface area contributed by atoms with Crippen LogP contribution >= 0.6 is 11.6 Å². The topological polar surface area (TPSA) is 78.0 Å². The Bertz CT molecular complexity index is 526. The minimum atomic E-state index is -0.258. The van der Waals surface area contributed by atoms with E-state index in [1.807, 2.05) is 0 Å². The monoisotopic (exact) mass is 251 g/mol. The lowest BCUT2D eigenvalue weighted by Crippen LogP contribution is -2.14. The molecule has 2 aromatic rings. The number of amides is 1. The SMILES string of the molecule is O=C(Cc1ccn[nH]1)Nc1cc(Cl)ccc1O. The third kappa shape index (κ3) is 2.98. The van der Waals surface area contributed by atoms with Gasteiger partial charge in [0.1, 0.15) is 5.75 Å². The Balaban J connectivity index is 2.05. The summed E-state index contributed by atoms with van der Waals surface area (Å²) in [6.07, 6.45) is 1.73. The molecule has 3 N–H and O–H groups in total. The Morgan fingerprint density at radius 1 is 1.47 bits per heavy atom. The van der Waals surface area contributed by atoms with E-state index in [1.165, 1.54) is 12.1 Å². The molecule has 1 aromatic carbocycles. The number of carbonyl (C=O) groups excluding carboxylic acids is 1. The summed E-state index contributed by atoms with van der Waals surface area (Å²) in [4.78, 5) is 11.6. The highest BCUT2D eigenvalue weighted by Gasteiger charge is 2.08. The highest BCUT2D eigenvalue weighted by atomic mass is 35.5. The second kappa shape index (κ2) is 4.88. The molecule has 1 aromatic heterocycles. The average molecular weight is 252 g/mol. The molecule has 0 radical (unpaired) electrons. The molecule has 2 rings (SSSR count). The first kappa shape index (κ1) is 11.5. The molecule has 0 spiro atoms. The second-order valence-electron chi connectivity index (χ2n) is 3.47. The van der Waals surface area contributed by atoms with Crippen LogP contribution in [0.3, 0.4) is 0 Å². The van der Waals surface area contributed by atoms with E-state index in [4.69, 9.17) is 11.6 Å². The number of hydrogen-bond donors (Lipinski definition) is 3. The molecular formula is C11H10ClN3O2. The fourth-order valence-electron chi connectivity index (χ4n) is 1.36. The number of phenolic OH excluding ortho intramolecular Hbond substituents is 1. The predicted octanol–water partition coefficient (Wildman–Crippen LogP) is 1.95. The second-order valence-corrected chi connectivity index (χ2v) is 3.90. The van der Waals surface area contributed by atoms with Crippen LogP contribution in [0.15, 0.2) is 30.5 Å². The van der Waals surface area contributed by atoms with Gasteiger partial charge in [-0.05, 0) is 24.3 Å². The number of carbonyl (C=O) groups is 1. The highest BCUT2D eigenvalue weighted by molar-refractivity contribution is 6.31. The van der Waals surface area contributed by atoms with Crippen molar-refractivity contribution in [1.29, 1.82) is 0 Å². The first-order chi connectivity index (χ1) is 8.15. The molecule has 0 bridgehead atoms. The van der Waals surface area contributed by atoms with Crippen LogP contribution in [0.1, 0.15) is 5.69 Å². The van der Waals surface area contributed by atoms with Crippen molar-refractivity contribution in [2.45, 2.75) is 6.42 Å². The summed E-state index contributed by atoms with van der Waals surface area (Å²) in [5, 5.41) is 18.9. The van der Waals surface area contributed by atoms with E-state index in [-0.39, 0.29) is 18.1 Å². The summed E-state index contributed by atoms with van der Waals surface area (Å²) in [5.41, 5.74) is 0.992. The van der Waals surface area contributed by atoms with E-state index in [2.05, 4.69) is 15.5 Å². The molecule has 0 atom stereocenters. The zero-order chi connectivity index (χ0) is 12.3. The molecule has 17 heavy (non-hydrogen) atoms. The van der Waals surface area contributed by atoms with Gasteiger partial charge in [0.25, 0.3) is 0 Å². The van der Waals surface area contributed by atoms with Crippen LogP contribution in [0.5, 0.6) is 5.75 Å². The van der Waals surface area contributed by atoms with Gasteiger partial charge in [0.15, 0.2) is 0 Å². The first-order valence-corrected chi connectivity index (χ1v) is 5.29. The zero-order valence-electron chi connectivity index (χ0n) is 8.77. The maximum Gasteiger partial charge on any atom is 0.230 e. The van der Waals surface area contributed by atoms with Crippen molar-refractivity contribution < 1.29 is 9.90 Å². The Labute approximate surface area is 102 Å². The maximum absolute atomic E-state index is 11.6. The van der Waals surface area contributed by atoms with Gasteiger partial charge in [0, 0.05) is 16.9 Å². The van der Waals surface area contributed by atoms with E-state index in [0.29, 0.717) is 16.4 Å². The van der Waals surface area contributed by atoms with Gasteiger partial charge in [-0.15, -0.1) is 0 Å². The van der Waals surface area contributed by atoms with Crippen LogP contribution in [0, 0.1) is 0 Å². The molecule has 0 fully saturated rings. The third-order valence-electron chi connectivity index (χ3n) is 2.14. The van der Waals surface area contributed by atoms with Gasteiger partial charge in [-0.3, -0.25) is 9.89 Å². The number of H-pyrrole nitrogens is 1. The number of phenols is 1. The fourth-order valence-corrected chi connectivity index (χ4v) is 1.53. The number of hydrogen-bond acceptors (Lipinski definition) is 3. The number of nitrogens with zero attached hydrogens (tertiary/aromatic N) is 1. The third-order valence-corrected chi connectivity index (χ3v) is 2.38. The standard InChI is InChI=1S/C11H10ClN3O2/c12-7-1-2-10(16)9(5-7)14-11(17)6-8-3-4-13-15-8/h1-5,16H,6H2,(H,13,15)(H,14,17). The van der Waals surface area contributed by atoms with Crippen molar-refractivity contribution >= 4 is 23.2 Å². The van der Waals surface area contributed by atoms with Crippen LogP contribution in [0.25, 0.3) is 0 Å². The number of anilines is 1. The van der Waals surface area contributed by atoms with E-state index in [9.17, 15) is 9.90 Å². The average Bonchev–Trinajstić information content (AvgIpc) is 2.76. The summed E-state index contributed by atoms with van der Waals surface area (Å²) in [5.74, 6) is -0.279. The van der Waals surface area contributed by atoms with Gasteiger partial charge >= 0.3 is 0 Å². The molecule has 1 amide bonds. The predicted molar refractivity (Wildman–Crippen MR) is 64.0 cm³/mol. The van der Waals surface area contributed by atoms with Crippen molar-refractivity contribution in [1.82, 2.24) is 10.2 Å². The molecule has 6 heteroatoms. The van der Waals surface area contributed by atoms with E-state index >= 15 is 0 Å². The lowest BCUT2D eigenvalue weighted by Gasteiger charge is -2.06. The van der Waals surface area contributed by atoms with Gasteiger partial charge in [-0.1, -0.05) is 11.6 Å². The van der Waals surface area contributed by atoms with Gasteiger partial charge in [0.05, 0.1) is 12.1 Å². The maximum atomic E-state index is 11.6. The summed E-state index contributed by atoms with van der Waals surface area (Å²) in [6.45, 7) is 0. The van der Waals surface area contributed by atoms with Gasteiger partial charge < -0.3 is 10.4 Å². The molecule has 0 aliphatic heterocycles. The van der Waals surface area contributed by atoms with Crippen molar-refractivity contribution in [2.75, 3.05) is 5.32 Å². The number of aromatic nitrogens is 2. The van der Waals surface area contributed by atoms with Gasteiger partial charge in [-0.25, -0.2) is 0 Å². The van der Waals surface area contributed by atoms with Crippen LogP contribution in [-0.4, -0.2) is 21.2 Å². The van der Waals surface area contributed by atoms with E-state index in [0.717, 1.165) is 0 Å². The molecule has 5 nitrogen and oxygen atoms in total. The van der Waals surface area contributed by atoms with Crippen LogP contribution in [0.4, 0.5) is 5.69 Å². The summed E-state index contributed by atoms with van der Waals surface area (Å²) < 4.78 is 0. The number of aromatic hydroxyl groups is 1. The highest BCUT2D eigenvalue weighted by Crippen LogP contribution is 2.26. The minimum absolute atomic E-state index is 0.0210. The van der Waals surface area contributed by atoms with Gasteiger partial charge in [0.2, 0.25) is 5.91 Å². The Morgan fingerprint density at radius 2 is 2.29 bits per heavy atom. The summed E-state index contributed by atoms with van der Waals surface area (Å²) in [6, 6.07) is 6.16. The van der Waals surface area contributed by atoms with Crippen molar-refractivity contribution in [2.24, 2.45) is 0 Å². The molecule has 1 heterocycles. The number of benzene rings is 1. The molecule has 0 unspecified atom stereocenters. The largest absolute Gasteiger partial charge is 0.506 e. The Morgan fingerprint density at radius 3 is 3.00 bits per heavy atom. The molecule has 0 saturated heterocycles. The fraction of sp³-hybridized carbons (Fsp3) is 0.0909. The van der Waals surface area contributed by atoms with E-state index < -0.39 is 0 Å². The minimum Gasteiger partial charge on any atom is -0.506 e. The lowest BCUT2D eigenvalue weighted by molar-refractivity contribution is -0.115. The molecule has 0 aliphatic carbocycles. The normalized spacial score (nSPS) is 10.2. The van der Waals surface area contributed by atoms with Crippen LogP contribution in [-0.2, 0) is 11.2 Å². The number of rotatable bonds is 3. The van der Waals surface area contributed by atoms with Crippen molar-refractivity contribution in [3.8, 4) is 5.75 Å². The Kier molecular flexibility index (Phi) is 3.30. The summed E-state index contributed by atoms with van der Waals surface area (Å²) in [7, 11) is 0. The summed E-state index contributed by atoms with van der Waals surface area (Å²) >= 11 is 5.76. The zero-order valence-corrected chi connectivity index (χ0v) is 9.53. The first-order valence-electron chi connectivity index (χ1n) is 4.92. The van der Waals surface area contributed by atoms with E-state index in [1.54, 1.807) is 18.3 Å². The molecular weight excluding hydrogens is 242 g/mol. The molecule has 0 saturated carbocycles. The van der Waals surface area contributed by atoms with Crippen LogP contribution in [0.2, 0.25) is 5.02 Å². The Hall–Kier alpha value is -2.01. The number of aromatic amines is 1. The number of halogens is 1. The van der Waals surface area contributed by atoms with Crippen molar-refractivity contribution in [3.05, 3.63) is 41.2 Å². The quantitative estimate of drug-likeness (QED) is 0.730. The van der Waals surface area contributed by atoms with Crippen LogP contribution < -0.4 is 5.32 Å². The van der Waals surface area contributed by atoms with Gasteiger partial charge in [-0.2, -0.15) is 5.10 Å².